The molecule has 1 N–H and O–H groups in total. The molecule has 1 aromatic carbocycles. The molecule has 0 bridgehead atoms. The number of oxime groups is 1. The summed E-state index contributed by atoms with van der Waals surface area (Å²) in [4.78, 5) is 0. The number of alkyl halides is 3. The molecule has 0 atom stereocenters. The topological polar surface area (TPSA) is 32.6 Å². The van der Waals surface area contributed by atoms with Crippen molar-refractivity contribution >= 4 is 23.4 Å². The van der Waals surface area contributed by atoms with Crippen molar-refractivity contribution in [3.8, 4) is 0 Å². The van der Waals surface area contributed by atoms with Gasteiger partial charge in [0.05, 0.1) is 6.21 Å². The van der Waals surface area contributed by atoms with Crippen molar-refractivity contribution in [2.75, 3.05) is 0 Å². The van der Waals surface area contributed by atoms with Gasteiger partial charge in [-0.2, -0.15) is 13.2 Å². The highest BCUT2D eigenvalue weighted by Gasteiger charge is 2.35. The molecule has 0 aliphatic heterocycles. The van der Waals surface area contributed by atoms with Crippen LogP contribution in [-0.4, -0.2) is 17.6 Å². The van der Waals surface area contributed by atoms with Crippen molar-refractivity contribution in [2.24, 2.45) is 5.16 Å². The summed E-state index contributed by atoms with van der Waals surface area (Å²) in [5, 5.41) is 9.58. The first-order valence-electron chi connectivity index (χ1n) is 4.16. The normalized spacial score (nSPS) is 14.0. The van der Waals surface area contributed by atoms with E-state index in [9.17, 15) is 13.2 Å². The lowest BCUT2D eigenvalue weighted by Crippen LogP contribution is -2.10. The maximum atomic E-state index is 12.4. The zero-order chi connectivity index (χ0) is 12.2. The minimum atomic E-state index is -4.67. The molecule has 1 rings (SSSR count). The molecule has 0 fully saturated rings. The van der Waals surface area contributed by atoms with E-state index in [0.717, 1.165) is 0 Å². The standard InChI is InChI=1S/C10H7ClF3NO/c11-9(10(12,13)14)8(6-15-16)7-4-2-1-3-5-7/h1-6,16H/b9-8-,15-6?. The van der Waals surface area contributed by atoms with Crippen LogP contribution < -0.4 is 0 Å². The van der Waals surface area contributed by atoms with Crippen LogP contribution in [0.25, 0.3) is 5.57 Å². The van der Waals surface area contributed by atoms with Crippen molar-refractivity contribution in [3.63, 3.8) is 0 Å². The van der Waals surface area contributed by atoms with Crippen LogP contribution in [0.2, 0.25) is 0 Å². The zero-order valence-corrected chi connectivity index (χ0v) is 8.63. The van der Waals surface area contributed by atoms with Crippen LogP contribution in [0, 0.1) is 0 Å². The summed E-state index contributed by atoms with van der Waals surface area (Å²) in [6, 6.07) is 7.64. The number of hydrogen-bond donors (Lipinski definition) is 1. The van der Waals surface area contributed by atoms with E-state index < -0.39 is 11.2 Å². The molecule has 1 aromatic rings. The Morgan fingerprint density at radius 1 is 1.25 bits per heavy atom. The fourth-order valence-corrected chi connectivity index (χ4v) is 1.24. The second-order valence-electron chi connectivity index (χ2n) is 2.84. The number of allylic oxidation sites excluding steroid dienone is 2. The number of benzene rings is 1. The largest absolute Gasteiger partial charge is 0.427 e. The van der Waals surface area contributed by atoms with Crippen molar-refractivity contribution in [3.05, 3.63) is 40.9 Å². The third kappa shape index (κ3) is 3.00. The van der Waals surface area contributed by atoms with Crippen LogP contribution in [0.4, 0.5) is 13.2 Å². The van der Waals surface area contributed by atoms with Crippen molar-refractivity contribution < 1.29 is 18.4 Å². The van der Waals surface area contributed by atoms with E-state index in [-0.39, 0.29) is 11.1 Å². The fourth-order valence-electron chi connectivity index (χ4n) is 1.09. The Kier molecular flexibility index (Phi) is 3.95. The van der Waals surface area contributed by atoms with Crippen LogP contribution in [0.1, 0.15) is 5.56 Å². The Hall–Kier alpha value is -1.49. The average molecular weight is 250 g/mol. The van der Waals surface area contributed by atoms with E-state index in [2.05, 4.69) is 5.16 Å². The lowest BCUT2D eigenvalue weighted by atomic mass is 10.1. The quantitative estimate of drug-likeness (QED) is 0.484. The minimum absolute atomic E-state index is 0.225. The summed E-state index contributed by atoms with van der Waals surface area (Å²) >= 11 is 5.19. The van der Waals surface area contributed by atoms with Gasteiger partial charge in [0.1, 0.15) is 5.03 Å². The second-order valence-corrected chi connectivity index (χ2v) is 3.21. The third-order valence-corrected chi connectivity index (χ3v) is 2.17. The first-order valence-corrected chi connectivity index (χ1v) is 4.54. The van der Waals surface area contributed by atoms with E-state index >= 15 is 0 Å². The van der Waals surface area contributed by atoms with Crippen molar-refractivity contribution in [1.82, 2.24) is 0 Å². The highest BCUT2D eigenvalue weighted by molar-refractivity contribution is 6.37. The molecule has 16 heavy (non-hydrogen) atoms. The summed E-state index contributed by atoms with van der Waals surface area (Å²) in [7, 11) is 0. The summed E-state index contributed by atoms with van der Waals surface area (Å²) < 4.78 is 37.1. The molecular formula is C10H7ClF3NO. The molecule has 0 saturated carbocycles. The van der Waals surface area contributed by atoms with E-state index in [1.165, 1.54) is 12.1 Å². The minimum Gasteiger partial charge on any atom is -0.411 e. The number of nitrogens with zero attached hydrogens (tertiary/aromatic N) is 1. The molecule has 0 aromatic heterocycles. The molecule has 0 radical (unpaired) electrons. The van der Waals surface area contributed by atoms with Gasteiger partial charge >= 0.3 is 6.18 Å². The number of hydrogen-bond acceptors (Lipinski definition) is 2. The maximum absolute atomic E-state index is 12.4. The highest BCUT2D eigenvalue weighted by atomic mass is 35.5. The molecule has 86 valence electrons. The molecule has 2 nitrogen and oxygen atoms in total. The molecular weight excluding hydrogens is 243 g/mol. The van der Waals surface area contributed by atoms with E-state index in [4.69, 9.17) is 16.8 Å². The van der Waals surface area contributed by atoms with Crippen molar-refractivity contribution in [2.45, 2.75) is 6.18 Å². The fraction of sp³-hybridized carbons (Fsp3) is 0.100. The van der Waals surface area contributed by atoms with Gasteiger partial charge in [-0.05, 0) is 5.56 Å². The molecule has 0 amide bonds. The lowest BCUT2D eigenvalue weighted by molar-refractivity contribution is -0.0838. The zero-order valence-electron chi connectivity index (χ0n) is 7.87. The predicted octanol–water partition coefficient (Wildman–Crippen LogP) is 3.66. The Morgan fingerprint density at radius 3 is 2.25 bits per heavy atom. The van der Waals surface area contributed by atoms with Gasteiger partial charge in [-0.1, -0.05) is 47.1 Å². The molecule has 0 unspecified atom stereocenters. The first kappa shape index (κ1) is 12.6. The van der Waals surface area contributed by atoms with Gasteiger partial charge < -0.3 is 5.21 Å². The SMILES string of the molecule is ON=C/C(=C(/Cl)C(F)(F)F)c1ccccc1. The Morgan fingerprint density at radius 2 is 1.81 bits per heavy atom. The molecule has 0 saturated heterocycles. The summed E-state index contributed by atoms with van der Waals surface area (Å²) in [5.74, 6) is 0. The molecule has 6 heteroatoms. The van der Waals surface area contributed by atoms with E-state index in [0.29, 0.717) is 6.21 Å². The number of halogens is 4. The van der Waals surface area contributed by atoms with Gasteiger partial charge in [-0.25, -0.2) is 0 Å². The van der Waals surface area contributed by atoms with E-state index in [1.54, 1.807) is 18.2 Å². The lowest BCUT2D eigenvalue weighted by Gasteiger charge is -2.09. The highest BCUT2D eigenvalue weighted by Crippen LogP contribution is 2.34. The van der Waals surface area contributed by atoms with Crippen LogP contribution >= 0.6 is 11.6 Å². The average Bonchev–Trinajstić information content (AvgIpc) is 2.25. The van der Waals surface area contributed by atoms with Gasteiger partial charge in [0.15, 0.2) is 0 Å². The first-order chi connectivity index (χ1) is 7.46. The third-order valence-electron chi connectivity index (χ3n) is 1.76. The van der Waals surface area contributed by atoms with Gasteiger partial charge in [0.2, 0.25) is 0 Å². The summed E-state index contributed by atoms with van der Waals surface area (Å²) in [5.41, 5.74) is -0.153. The molecule has 0 heterocycles. The summed E-state index contributed by atoms with van der Waals surface area (Å²) in [6.07, 6.45) is -4.01. The van der Waals surface area contributed by atoms with Crippen LogP contribution in [0.5, 0.6) is 0 Å². The van der Waals surface area contributed by atoms with E-state index in [1.807, 2.05) is 0 Å². The van der Waals surface area contributed by atoms with Crippen LogP contribution in [0.15, 0.2) is 40.5 Å². The van der Waals surface area contributed by atoms with Gasteiger partial charge in [-0.3, -0.25) is 0 Å². The van der Waals surface area contributed by atoms with Gasteiger partial charge in [-0.15, -0.1) is 0 Å². The Labute approximate surface area is 94.6 Å². The second kappa shape index (κ2) is 5.03. The Balaban J connectivity index is 3.31. The van der Waals surface area contributed by atoms with Gasteiger partial charge in [0, 0.05) is 5.57 Å². The van der Waals surface area contributed by atoms with Crippen LogP contribution in [0.3, 0.4) is 0 Å². The van der Waals surface area contributed by atoms with Crippen molar-refractivity contribution in [1.29, 1.82) is 0 Å². The number of rotatable bonds is 2. The molecule has 0 aliphatic rings. The van der Waals surface area contributed by atoms with Crippen LogP contribution in [-0.2, 0) is 0 Å². The van der Waals surface area contributed by atoms with Gasteiger partial charge in [0.25, 0.3) is 0 Å². The Bertz CT molecular complexity index is 412. The maximum Gasteiger partial charge on any atom is 0.427 e. The molecule has 0 spiro atoms. The molecule has 0 aliphatic carbocycles. The monoisotopic (exact) mass is 249 g/mol. The smallest absolute Gasteiger partial charge is 0.411 e. The summed E-state index contributed by atoms with van der Waals surface area (Å²) in [6.45, 7) is 0. The predicted molar refractivity (Wildman–Crippen MR) is 55.5 cm³/mol.